The molecule has 0 heterocycles. The Morgan fingerprint density at radius 2 is 1.47 bits per heavy atom. The Morgan fingerprint density at radius 3 is 2.00 bits per heavy atom. The summed E-state index contributed by atoms with van der Waals surface area (Å²) in [5, 5.41) is 0. The third-order valence-electron chi connectivity index (χ3n) is 2.65. The third kappa shape index (κ3) is 10.1. The quantitative estimate of drug-likeness (QED) is 0.309. The molecule has 0 fully saturated rings. The summed E-state index contributed by atoms with van der Waals surface area (Å²) in [4.78, 5) is 31.8. The van der Waals surface area contributed by atoms with Gasteiger partial charge >= 0.3 is 0 Å². The lowest BCUT2D eigenvalue weighted by Gasteiger charge is -2.00. The number of allylic oxidation sites excluding steroid dienone is 4. The van der Waals surface area contributed by atoms with Gasteiger partial charge in [-0.05, 0) is 43.3 Å². The second-order valence-corrected chi connectivity index (χ2v) is 4.17. The highest BCUT2D eigenvalue weighted by molar-refractivity contribution is 5.74. The van der Waals surface area contributed by atoms with Crippen LogP contribution in [0, 0.1) is 0 Å². The molecule has 0 amide bonds. The molecule has 0 aromatic rings. The van der Waals surface area contributed by atoms with Gasteiger partial charge in [0, 0.05) is 20.1 Å². The van der Waals surface area contributed by atoms with Gasteiger partial charge in [0.1, 0.15) is 18.9 Å². The molecule has 0 aliphatic rings. The number of aldehydes is 3. The molecule has 4 heteroatoms. The first-order valence-corrected chi connectivity index (χ1v) is 6.49. The van der Waals surface area contributed by atoms with E-state index in [0.717, 1.165) is 37.3 Å². The van der Waals surface area contributed by atoms with Crippen molar-refractivity contribution >= 4 is 18.9 Å². The number of carbonyl (C=O) groups excluding carboxylic acids is 3. The zero-order chi connectivity index (χ0) is 14.3. The summed E-state index contributed by atoms with van der Waals surface area (Å²) >= 11 is 0. The number of methoxy groups -OCH3 is 1. The maximum absolute atomic E-state index is 10.8. The first-order valence-electron chi connectivity index (χ1n) is 6.49. The summed E-state index contributed by atoms with van der Waals surface area (Å²) in [6.45, 7) is 0.684. The van der Waals surface area contributed by atoms with Gasteiger partial charge in [0.05, 0.1) is 0 Å². The van der Waals surface area contributed by atoms with E-state index in [-0.39, 0.29) is 0 Å². The fraction of sp³-hybridized carbons (Fsp3) is 0.533. The van der Waals surface area contributed by atoms with Crippen molar-refractivity contribution in [3.8, 4) is 0 Å². The number of carbonyl (C=O) groups is 3. The average molecular weight is 266 g/mol. The van der Waals surface area contributed by atoms with Crippen LogP contribution in [0.5, 0.6) is 0 Å². The Kier molecular flexibility index (Phi) is 11.8. The van der Waals surface area contributed by atoms with Gasteiger partial charge in [0.15, 0.2) is 0 Å². The molecule has 0 unspecified atom stereocenters. The van der Waals surface area contributed by atoms with E-state index in [2.05, 4.69) is 0 Å². The number of hydrogen-bond donors (Lipinski definition) is 0. The lowest BCUT2D eigenvalue weighted by molar-refractivity contribution is -0.108. The highest BCUT2D eigenvalue weighted by Crippen LogP contribution is 2.09. The molecule has 0 N–H and O–H groups in total. The summed E-state index contributed by atoms with van der Waals surface area (Å²) in [6.07, 6.45) is 9.92. The van der Waals surface area contributed by atoms with Crippen LogP contribution in [0.3, 0.4) is 0 Å². The molecule has 0 saturated heterocycles. The number of ether oxygens (including phenoxy) is 1. The van der Waals surface area contributed by atoms with Gasteiger partial charge in [0.25, 0.3) is 0 Å². The Balaban J connectivity index is 4.10. The van der Waals surface area contributed by atoms with Crippen LogP contribution in [0.2, 0.25) is 0 Å². The van der Waals surface area contributed by atoms with Gasteiger partial charge in [-0.3, -0.25) is 9.59 Å². The maximum Gasteiger partial charge on any atom is 0.145 e. The molecule has 0 radical (unpaired) electrons. The van der Waals surface area contributed by atoms with Crippen molar-refractivity contribution in [3.63, 3.8) is 0 Å². The summed E-state index contributed by atoms with van der Waals surface area (Å²) in [5.41, 5.74) is 1.37. The number of hydrogen-bond acceptors (Lipinski definition) is 4. The lowest BCUT2D eigenvalue weighted by Crippen LogP contribution is -1.90. The van der Waals surface area contributed by atoms with Crippen molar-refractivity contribution in [2.24, 2.45) is 0 Å². The predicted molar refractivity (Wildman–Crippen MR) is 73.9 cm³/mol. The van der Waals surface area contributed by atoms with Crippen LogP contribution in [0.1, 0.15) is 38.5 Å². The minimum absolute atomic E-state index is 0.359. The third-order valence-corrected chi connectivity index (χ3v) is 2.65. The maximum atomic E-state index is 10.8. The standard InChI is InChI=1S/C15H22O4/c1-19-11-3-2-6-14(12-17)7-4-8-15(13-18)9-5-10-16/h6,8,10,12-13H,2-5,7,9,11H2,1H3/b14-6-,15-8-. The largest absolute Gasteiger partial charge is 0.385 e. The van der Waals surface area contributed by atoms with Gasteiger partial charge < -0.3 is 9.53 Å². The highest BCUT2D eigenvalue weighted by atomic mass is 16.5. The van der Waals surface area contributed by atoms with Crippen molar-refractivity contribution in [3.05, 3.63) is 23.3 Å². The molecule has 0 aromatic heterocycles. The predicted octanol–water partition coefficient (Wildman–Crippen LogP) is 2.42. The molecule has 0 aliphatic heterocycles. The van der Waals surface area contributed by atoms with Crippen LogP contribution in [-0.4, -0.2) is 32.6 Å². The summed E-state index contributed by atoms with van der Waals surface area (Å²) < 4.78 is 4.93. The smallest absolute Gasteiger partial charge is 0.145 e. The molecule has 0 rings (SSSR count). The first kappa shape index (κ1) is 17.4. The van der Waals surface area contributed by atoms with E-state index in [9.17, 15) is 14.4 Å². The van der Waals surface area contributed by atoms with E-state index < -0.39 is 0 Å². The Bertz CT molecular complexity index is 329. The summed E-state index contributed by atoms with van der Waals surface area (Å²) in [5.74, 6) is 0. The van der Waals surface area contributed by atoms with Crippen LogP contribution in [0.4, 0.5) is 0 Å². The molecule has 4 nitrogen and oxygen atoms in total. The van der Waals surface area contributed by atoms with Crippen molar-refractivity contribution in [1.29, 1.82) is 0 Å². The fourth-order valence-electron chi connectivity index (χ4n) is 1.58. The van der Waals surface area contributed by atoms with Crippen LogP contribution in [0.25, 0.3) is 0 Å². The van der Waals surface area contributed by atoms with Gasteiger partial charge in [-0.2, -0.15) is 0 Å². The van der Waals surface area contributed by atoms with Crippen LogP contribution in [0.15, 0.2) is 23.3 Å². The second kappa shape index (κ2) is 12.9. The second-order valence-electron chi connectivity index (χ2n) is 4.17. The monoisotopic (exact) mass is 266 g/mol. The van der Waals surface area contributed by atoms with E-state index in [4.69, 9.17) is 4.74 Å². The van der Waals surface area contributed by atoms with Crippen molar-refractivity contribution in [1.82, 2.24) is 0 Å². The minimum atomic E-state index is 0.359. The van der Waals surface area contributed by atoms with E-state index in [1.807, 2.05) is 6.08 Å². The lowest BCUT2D eigenvalue weighted by atomic mass is 10.1. The molecular formula is C15H22O4. The van der Waals surface area contributed by atoms with E-state index in [1.165, 1.54) is 0 Å². The molecule has 0 spiro atoms. The highest BCUT2D eigenvalue weighted by Gasteiger charge is 1.97. The zero-order valence-corrected chi connectivity index (χ0v) is 11.5. The van der Waals surface area contributed by atoms with E-state index >= 15 is 0 Å². The normalized spacial score (nSPS) is 12.3. The van der Waals surface area contributed by atoms with Crippen molar-refractivity contribution in [2.75, 3.05) is 13.7 Å². The molecule has 0 atom stereocenters. The average Bonchev–Trinajstić information content (AvgIpc) is 2.44. The van der Waals surface area contributed by atoms with E-state index in [0.29, 0.717) is 37.9 Å². The molecule has 106 valence electrons. The molecule has 0 aliphatic carbocycles. The topological polar surface area (TPSA) is 60.4 Å². The van der Waals surface area contributed by atoms with Crippen molar-refractivity contribution in [2.45, 2.75) is 38.5 Å². The molecule has 0 aromatic carbocycles. The van der Waals surface area contributed by atoms with E-state index in [1.54, 1.807) is 13.2 Å². The van der Waals surface area contributed by atoms with Crippen LogP contribution in [-0.2, 0) is 19.1 Å². The van der Waals surface area contributed by atoms with Gasteiger partial charge in [-0.25, -0.2) is 0 Å². The molecular weight excluding hydrogens is 244 g/mol. The fourth-order valence-corrected chi connectivity index (χ4v) is 1.58. The van der Waals surface area contributed by atoms with Gasteiger partial charge in [0.2, 0.25) is 0 Å². The van der Waals surface area contributed by atoms with Crippen molar-refractivity contribution < 1.29 is 19.1 Å². The summed E-state index contributed by atoms with van der Waals surface area (Å²) in [6, 6.07) is 0. The molecule has 0 saturated carbocycles. The molecule has 0 bridgehead atoms. The first-order chi connectivity index (χ1) is 9.28. The molecule has 19 heavy (non-hydrogen) atoms. The van der Waals surface area contributed by atoms with Gasteiger partial charge in [-0.1, -0.05) is 12.2 Å². The Hall–Kier alpha value is -1.55. The number of rotatable bonds is 12. The Labute approximate surface area is 114 Å². The van der Waals surface area contributed by atoms with Crippen LogP contribution < -0.4 is 0 Å². The minimum Gasteiger partial charge on any atom is -0.385 e. The zero-order valence-electron chi connectivity index (χ0n) is 11.5. The van der Waals surface area contributed by atoms with Gasteiger partial charge in [-0.15, -0.1) is 0 Å². The summed E-state index contributed by atoms with van der Waals surface area (Å²) in [7, 11) is 1.65. The SMILES string of the molecule is COCCC/C=C(\C=O)CC/C=C(\C=O)CCC=O. The van der Waals surface area contributed by atoms with Crippen LogP contribution >= 0.6 is 0 Å². The number of unbranched alkanes of at least 4 members (excludes halogenated alkanes) is 1. The Morgan fingerprint density at radius 1 is 0.895 bits per heavy atom.